The maximum absolute atomic E-state index is 10.6. The Morgan fingerprint density at radius 1 is 1.00 bits per heavy atom. The summed E-state index contributed by atoms with van der Waals surface area (Å²) in [6, 6.07) is 21.3. The second-order valence-corrected chi connectivity index (χ2v) is 6.38. The topological polar surface area (TPSA) is 81.0 Å². The molecule has 0 radical (unpaired) electrons. The van der Waals surface area contributed by atoms with Crippen LogP contribution in [0.15, 0.2) is 78.1 Å². The molecule has 6 heteroatoms. The Bertz CT molecular complexity index is 970. The highest BCUT2D eigenvalue weighted by Crippen LogP contribution is 2.16. The smallest absolute Gasteiger partial charge is 0.303 e. The van der Waals surface area contributed by atoms with E-state index in [-0.39, 0.29) is 6.42 Å². The van der Waals surface area contributed by atoms with Crippen molar-refractivity contribution >= 4 is 11.7 Å². The molecule has 0 fully saturated rings. The first-order valence-electron chi connectivity index (χ1n) is 9.21. The molecule has 0 spiro atoms. The van der Waals surface area contributed by atoms with Gasteiger partial charge in [0.1, 0.15) is 19.4 Å². The molecule has 0 aliphatic heterocycles. The quantitative estimate of drug-likeness (QED) is 0.440. The second kappa shape index (κ2) is 10.0. The van der Waals surface area contributed by atoms with Gasteiger partial charge in [-0.05, 0) is 23.6 Å². The van der Waals surface area contributed by atoms with Gasteiger partial charge in [0.2, 0.25) is 5.88 Å². The van der Waals surface area contributed by atoms with E-state index < -0.39 is 5.97 Å². The Kier molecular flexibility index (Phi) is 6.95. The number of rotatable bonds is 9. The van der Waals surface area contributed by atoms with E-state index in [9.17, 15) is 4.79 Å². The molecule has 148 valence electrons. The molecule has 2 aromatic carbocycles. The number of aryl methyl sites for hydroxylation is 1. The summed E-state index contributed by atoms with van der Waals surface area (Å²) in [6.45, 7) is 0.352. The van der Waals surface area contributed by atoms with Gasteiger partial charge in [-0.3, -0.25) is 4.79 Å². The molecule has 0 aliphatic rings. The molecule has 0 aliphatic carbocycles. The molecular formula is C23H22N2O4. The van der Waals surface area contributed by atoms with E-state index in [1.807, 2.05) is 60.7 Å². The molecule has 0 bridgehead atoms. The highest BCUT2D eigenvalue weighted by molar-refractivity contribution is 6.12. The molecule has 1 N–H and O–H groups in total. The highest BCUT2D eigenvalue weighted by atomic mass is 16.6. The van der Waals surface area contributed by atoms with Gasteiger partial charge in [-0.15, -0.1) is 0 Å². The van der Waals surface area contributed by atoms with Gasteiger partial charge in [-0.1, -0.05) is 59.8 Å². The molecule has 1 heterocycles. The monoisotopic (exact) mass is 390 g/mol. The number of oxime groups is 1. The second-order valence-electron chi connectivity index (χ2n) is 6.38. The van der Waals surface area contributed by atoms with E-state index in [0.29, 0.717) is 18.9 Å². The zero-order valence-corrected chi connectivity index (χ0v) is 16.1. The minimum Gasteiger partial charge on any atom is -0.481 e. The Morgan fingerprint density at radius 2 is 1.79 bits per heavy atom. The third-order valence-electron chi connectivity index (χ3n) is 4.24. The van der Waals surface area contributed by atoms with E-state index in [2.05, 4.69) is 10.1 Å². The van der Waals surface area contributed by atoms with Gasteiger partial charge in [0.05, 0.1) is 0 Å². The van der Waals surface area contributed by atoms with Gasteiger partial charge in [0.15, 0.2) is 0 Å². The maximum Gasteiger partial charge on any atom is 0.303 e. The van der Waals surface area contributed by atoms with Crippen LogP contribution in [0.25, 0.3) is 0 Å². The molecule has 6 nitrogen and oxygen atoms in total. The number of aliphatic carboxylic acids is 1. The number of pyridine rings is 1. The van der Waals surface area contributed by atoms with Gasteiger partial charge in [-0.2, -0.15) is 0 Å². The van der Waals surface area contributed by atoms with Crippen LogP contribution in [-0.2, 0) is 22.7 Å². The van der Waals surface area contributed by atoms with Crippen molar-refractivity contribution in [1.82, 2.24) is 4.98 Å². The highest BCUT2D eigenvalue weighted by Gasteiger charge is 2.09. The molecule has 0 amide bonds. The Morgan fingerprint density at radius 3 is 2.48 bits per heavy atom. The number of carboxylic acids is 1. The van der Waals surface area contributed by atoms with Crippen molar-refractivity contribution in [2.45, 2.75) is 19.4 Å². The fourth-order valence-corrected chi connectivity index (χ4v) is 2.82. The molecule has 0 atom stereocenters. The van der Waals surface area contributed by atoms with Crippen LogP contribution in [0.2, 0.25) is 0 Å². The van der Waals surface area contributed by atoms with E-state index >= 15 is 0 Å². The Labute approximate surface area is 169 Å². The fourth-order valence-electron chi connectivity index (χ4n) is 2.82. The van der Waals surface area contributed by atoms with Crippen molar-refractivity contribution in [3.63, 3.8) is 0 Å². The molecule has 3 aromatic rings. The van der Waals surface area contributed by atoms with Crippen LogP contribution in [-0.4, -0.2) is 28.9 Å². The summed E-state index contributed by atoms with van der Waals surface area (Å²) in [5, 5.41) is 12.9. The van der Waals surface area contributed by atoms with Crippen LogP contribution >= 0.6 is 0 Å². The predicted octanol–water partition coefficient (Wildman–Crippen LogP) is 4.08. The first-order valence-corrected chi connectivity index (χ1v) is 9.21. The lowest BCUT2D eigenvalue weighted by molar-refractivity contribution is -0.136. The minimum absolute atomic E-state index is 0.0848. The lowest BCUT2D eigenvalue weighted by Crippen LogP contribution is -2.05. The minimum atomic E-state index is -0.822. The van der Waals surface area contributed by atoms with Crippen molar-refractivity contribution in [2.24, 2.45) is 5.16 Å². The molecule has 0 unspecified atom stereocenters. The zero-order valence-electron chi connectivity index (χ0n) is 16.1. The molecule has 3 rings (SSSR count). The van der Waals surface area contributed by atoms with Gasteiger partial charge in [0.25, 0.3) is 0 Å². The normalized spacial score (nSPS) is 11.1. The summed E-state index contributed by atoms with van der Waals surface area (Å²) in [5.74, 6) is -0.333. The van der Waals surface area contributed by atoms with Gasteiger partial charge in [-0.25, -0.2) is 4.98 Å². The number of carbonyl (C=O) groups is 1. The molecule has 0 saturated heterocycles. The number of aromatic nitrogens is 1. The first kappa shape index (κ1) is 20.1. The van der Waals surface area contributed by atoms with Crippen molar-refractivity contribution < 1.29 is 19.5 Å². The third-order valence-corrected chi connectivity index (χ3v) is 4.24. The van der Waals surface area contributed by atoms with Crippen molar-refractivity contribution in [1.29, 1.82) is 0 Å². The summed E-state index contributed by atoms with van der Waals surface area (Å²) in [4.78, 5) is 19.9. The summed E-state index contributed by atoms with van der Waals surface area (Å²) < 4.78 is 5.77. The van der Waals surface area contributed by atoms with Crippen LogP contribution < -0.4 is 4.74 Å². The first-order chi connectivity index (χ1) is 14.2. The number of carboxylic acid groups (broad SMARTS) is 1. The number of hydrogen-bond donors (Lipinski definition) is 1. The van der Waals surface area contributed by atoms with Crippen LogP contribution in [0.1, 0.15) is 28.7 Å². The molecular weight excluding hydrogens is 368 g/mol. The van der Waals surface area contributed by atoms with E-state index in [4.69, 9.17) is 14.7 Å². The number of benzene rings is 2. The van der Waals surface area contributed by atoms with Crippen molar-refractivity contribution in [3.05, 3.63) is 95.2 Å². The largest absolute Gasteiger partial charge is 0.481 e. The molecule has 1 aromatic heterocycles. The lowest BCUT2D eigenvalue weighted by Gasteiger charge is -2.10. The molecule has 29 heavy (non-hydrogen) atoms. The lowest BCUT2D eigenvalue weighted by atomic mass is 10.0. The Balaban J connectivity index is 1.68. The maximum atomic E-state index is 10.6. The van der Waals surface area contributed by atoms with Crippen molar-refractivity contribution in [2.75, 3.05) is 7.11 Å². The third kappa shape index (κ3) is 5.90. The van der Waals surface area contributed by atoms with Crippen LogP contribution in [0.5, 0.6) is 5.88 Å². The standard InChI is InChI=1S/C23H22N2O4/c1-28-25-23(19-7-3-2-4-8-19)20-9-5-6-18(14-20)16-29-21-12-10-17(15-24-21)11-13-22(26)27/h2-10,12,14-15H,11,13,16H2,1H3,(H,26,27). The summed E-state index contributed by atoms with van der Waals surface area (Å²) in [5.41, 5.74) is 4.47. The van der Waals surface area contributed by atoms with Gasteiger partial charge >= 0.3 is 5.97 Å². The zero-order chi connectivity index (χ0) is 20.5. The predicted molar refractivity (Wildman–Crippen MR) is 110 cm³/mol. The fraction of sp³-hybridized carbons (Fsp3) is 0.174. The van der Waals surface area contributed by atoms with Gasteiger partial charge in [0, 0.05) is 29.8 Å². The number of ether oxygens (including phenoxy) is 1. The average Bonchev–Trinajstić information content (AvgIpc) is 2.76. The number of hydrogen-bond acceptors (Lipinski definition) is 5. The van der Waals surface area contributed by atoms with E-state index in [1.165, 1.54) is 7.11 Å². The van der Waals surface area contributed by atoms with Crippen molar-refractivity contribution in [3.8, 4) is 5.88 Å². The van der Waals surface area contributed by atoms with Gasteiger partial charge < -0.3 is 14.7 Å². The SMILES string of the molecule is CON=C(c1ccccc1)c1cccc(COc2ccc(CCC(=O)O)cn2)c1. The Hall–Kier alpha value is -3.67. The average molecular weight is 390 g/mol. The van der Waals surface area contributed by atoms with Crippen LogP contribution in [0.4, 0.5) is 0 Å². The van der Waals surface area contributed by atoms with Crippen LogP contribution in [0.3, 0.4) is 0 Å². The molecule has 0 saturated carbocycles. The summed E-state index contributed by atoms with van der Waals surface area (Å²) in [7, 11) is 1.53. The summed E-state index contributed by atoms with van der Waals surface area (Å²) >= 11 is 0. The van der Waals surface area contributed by atoms with Crippen LogP contribution in [0, 0.1) is 0 Å². The van der Waals surface area contributed by atoms with E-state index in [0.717, 1.165) is 28.0 Å². The number of nitrogens with zero attached hydrogens (tertiary/aromatic N) is 2. The summed E-state index contributed by atoms with van der Waals surface area (Å²) in [6.07, 6.45) is 2.18. The van der Waals surface area contributed by atoms with E-state index in [1.54, 1.807) is 12.3 Å².